The lowest BCUT2D eigenvalue weighted by molar-refractivity contribution is 0.0792. The molecule has 1 aromatic heterocycles. The van der Waals surface area contributed by atoms with Crippen molar-refractivity contribution in [1.29, 1.82) is 0 Å². The second-order valence-electron chi connectivity index (χ2n) is 7.42. The third-order valence-electron chi connectivity index (χ3n) is 5.33. The Hall–Kier alpha value is -2.75. The second-order valence-corrected chi connectivity index (χ2v) is 9.98. The van der Waals surface area contributed by atoms with Gasteiger partial charge in [-0.05, 0) is 61.2 Å². The minimum atomic E-state index is -3.76. The molecule has 0 spiro atoms. The molecule has 0 unspecified atom stereocenters. The van der Waals surface area contributed by atoms with Crippen LogP contribution in [0.2, 0.25) is 0 Å². The van der Waals surface area contributed by atoms with E-state index in [0.29, 0.717) is 10.8 Å². The SMILES string of the molecule is COc1ccc(-c2sc(C(=O)N3CCCC3)nc2C)cc1-c1ccc(S(N)(=O)=O)cc1. The zero-order valence-corrected chi connectivity index (χ0v) is 18.9. The number of carbonyl (C=O) groups is 1. The van der Waals surface area contributed by atoms with Gasteiger partial charge >= 0.3 is 0 Å². The molecule has 4 rings (SSSR count). The highest BCUT2D eigenvalue weighted by Crippen LogP contribution is 2.38. The Labute approximate surface area is 185 Å². The molecule has 2 heterocycles. The quantitative estimate of drug-likeness (QED) is 0.630. The minimum Gasteiger partial charge on any atom is -0.496 e. The summed E-state index contributed by atoms with van der Waals surface area (Å²) in [5.74, 6) is 0.645. The van der Waals surface area contributed by atoms with E-state index in [2.05, 4.69) is 4.98 Å². The number of nitrogens with zero attached hydrogens (tertiary/aromatic N) is 2. The molecule has 31 heavy (non-hydrogen) atoms. The number of likely N-dealkylation sites (tertiary alicyclic amines) is 1. The zero-order valence-electron chi connectivity index (χ0n) is 17.3. The highest BCUT2D eigenvalue weighted by molar-refractivity contribution is 7.89. The summed E-state index contributed by atoms with van der Waals surface area (Å²) < 4.78 is 28.6. The summed E-state index contributed by atoms with van der Waals surface area (Å²) in [5.41, 5.74) is 3.32. The first-order chi connectivity index (χ1) is 14.8. The number of thiazole rings is 1. The fourth-order valence-electron chi connectivity index (χ4n) is 3.71. The first-order valence-electron chi connectivity index (χ1n) is 9.86. The Morgan fingerprint density at radius 2 is 1.74 bits per heavy atom. The van der Waals surface area contributed by atoms with Crippen molar-refractivity contribution in [3.8, 4) is 27.3 Å². The van der Waals surface area contributed by atoms with E-state index in [1.54, 1.807) is 19.2 Å². The van der Waals surface area contributed by atoms with Crippen molar-refractivity contribution in [3.63, 3.8) is 0 Å². The number of benzene rings is 2. The Bertz CT molecular complexity index is 1230. The van der Waals surface area contributed by atoms with E-state index in [0.717, 1.165) is 53.2 Å². The predicted molar refractivity (Wildman–Crippen MR) is 121 cm³/mol. The van der Waals surface area contributed by atoms with E-state index in [9.17, 15) is 13.2 Å². The van der Waals surface area contributed by atoms with Gasteiger partial charge in [0.2, 0.25) is 10.0 Å². The van der Waals surface area contributed by atoms with Crippen LogP contribution in [-0.2, 0) is 10.0 Å². The van der Waals surface area contributed by atoms with Crippen LogP contribution >= 0.6 is 11.3 Å². The van der Waals surface area contributed by atoms with Crippen molar-refractivity contribution in [2.45, 2.75) is 24.7 Å². The molecule has 1 amide bonds. The summed E-state index contributed by atoms with van der Waals surface area (Å²) in [6, 6.07) is 12.1. The molecule has 7 nitrogen and oxygen atoms in total. The summed E-state index contributed by atoms with van der Waals surface area (Å²) in [5, 5.41) is 5.71. The van der Waals surface area contributed by atoms with Crippen LogP contribution in [0, 0.1) is 6.92 Å². The van der Waals surface area contributed by atoms with Crippen LogP contribution in [0.15, 0.2) is 47.4 Å². The molecule has 0 atom stereocenters. The number of methoxy groups -OCH3 is 1. The van der Waals surface area contributed by atoms with Crippen LogP contribution in [-0.4, -0.2) is 44.4 Å². The molecule has 2 N–H and O–H groups in total. The Morgan fingerprint density at radius 1 is 1.10 bits per heavy atom. The number of aromatic nitrogens is 1. The Kier molecular flexibility index (Phi) is 5.83. The second kappa shape index (κ2) is 8.41. The average Bonchev–Trinajstić information content (AvgIpc) is 3.42. The van der Waals surface area contributed by atoms with Gasteiger partial charge in [0.1, 0.15) is 5.75 Å². The largest absolute Gasteiger partial charge is 0.496 e. The van der Waals surface area contributed by atoms with Gasteiger partial charge in [0.15, 0.2) is 5.01 Å². The number of hydrogen-bond acceptors (Lipinski definition) is 6. The van der Waals surface area contributed by atoms with Gasteiger partial charge in [0.25, 0.3) is 5.91 Å². The number of primary sulfonamides is 1. The van der Waals surface area contributed by atoms with E-state index >= 15 is 0 Å². The predicted octanol–water partition coefficient (Wildman–Crippen LogP) is 3.68. The average molecular weight is 458 g/mol. The van der Waals surface area contributed by atoms with Crippen LogP contribution in [0.3, 0.4) is 0 Å². The summed E-state index contributed by atoms with van der Waals surface area (Å²) in [4.78, 5) is 20.1. The highest BCUT2D eigenvalue weighted by Gasteiger charge is 2.24. The Balaban J connectivity index is 1.72. The van der Waals surface area contributed by atoms with E-state index in [1.165, 1.54) is 23.5 Å². The fourth-order valence-corrected chi connectivity index (χ4v) is 5.26. The smallest absolute Gasteiger partial charge is 0.282 e. The lowest BCUT2D eigenvalue weighted by Crippen LogP contribution is -2.27. The zero-order chi connectivity index (χ0) is 22.2. The number of carbonyl (C=O) groups excluding carboxylic acids is 1. The molecule has 162 valence electrons. The van der Waals surface area contributed by atoms with Gasteiger partial charge in [-0.25, -0.2) is 18.5 Å². The van der Waals surface area contributed by atoms with Gasteiger partial charge in [-0.2, -0.15) is 0 Å². The van der Waals surface area contributed by atoms with Gasteiger partial charge in [0, 0.05) is 18.7 Å². The monoisotopic (exact) mass is 457 g/mol. The molecule has 1 aliphatic rings. The van der Waals surface area contributed by atoms with Gasteiger partial charge in [-0.3, -0.25) is 4.79 Å². The third-order valence-corrected chi connectivity index (χ3v) is 7.45. The molecule has 1 saturated heterocycles. The highest BCUT2D eigenvalue weighted by atomic mass is 32.2. The lowest BCUT2D eigenvalue weighted by Gasteiger charge is -2.12. The molecular weight excluding hydrogens is 434 g/mol. The van der Waals surface area contributed by atoms with E-state index < -0.39 is 10.0 Å². The van der Waals surface area contributed by atoms with E-state index in [-0.39, 0.29) is 10.8 Å². The first-order valence-corrected chi connectivity index (χ1v) is 12.2. The first kappa shape index (κ1) is 21.5. The molecule has 1 fully saturated rings. The van der Waals surface area contributed by atoms with Crippen LogP contribution in [0.1, 0.15) is 28.3 Å². The van der Waals surface area contributed by atoms with Gasteiger partial charge in [-0.15, -0.1) is 11.3 Å². The standard InChI is InChI=1S/C22H23N3O4S2/c1-14-20(30-21(24-14)22(26)25-11-3-4-12-25)16-7-10-19(29-2)18(13-16)15-5-8-17(9-6-15)31(23,27)28/h5-10,13H,3-4,11-12H2,1-2H3,(H2,23,27,28). The molecular formula is C22H23N3O4S2. The molecule has 9 heteroatoms. The van der Waals surface area contributed by atoms with E-state index in [4.69, 9.17) is 9.88 Å². The minimum absolute atomic E-state index is 0.0100. The summed E-state index contributed by atoms with van der Waals surface area (Å²) in [6.07, 6.45) is 2.07. The molecule has 0 aliphatic carbocycles. The topological polar surface area (TPSA) is 103 Å². The molecule has 2 aromatic carbocycles. The molecule has 0 bridgehead atoms. The van der Waals surface area contributed by atoms with Gasteiger partial charge in [-0.1, -0.05) is 12.1 Å². The van der Waals surface area contributed by atoms with Crippen molar-refractivity contribution in [2.24, 2.45) is 5.14 Å². The summed E-state index contributed by atoms with van der Waals surface area (Å²) in [7, 11) is -2.18. The summed E-state index contributed by atoms with van der Waals surface area (Å²) >= 11 is 1.39. The van der Waals surface area contributed by atoms with Crippen molar-refractivity contribution in [3.05, 3.63) is 53.2 Å². The van der Waals surface area contributed by atoms with Crippen molar-refractivity contribution >= 4 is 27.3 Å². The van der Waals surface area contributed by atoms with Crippen molar-refractivity contribution in [1.82, 2.24) is 9.88 Å². The van der Waals surface area contributed by atoms with Crippen LogP contribution in [0.25, 0.3) is 21.6 Å². The maximum absolute atomic E-state index is 12.7. The van der Waals surface area contributed by atoms with Crippen LogP contribution in [0.5, 0.6) is 5.75 Å². The Morgan fingerprint density at radius 3 is 2.35 bits per heavy atom. The number of sulfonamides is 1. The number of ether oxygens (including phenoxy) is 1. The molecule has 3 aromatic rings. The normalized spacial score (nSPS) is 14.1. The van der Waals surface area contributed by atoms with Crippen molar-refractivity contribution in [2.75, 3.05) is 20.2 Å². The third kappa shape index (κ3) is 4.34. The van der Waals surface area contributed by atoms with E-state index in [1.807, 2.05) is 30.0 Å². The number of hydrogen-bond donors (Lipinski definition) is 1. The molecule has 0 radical (unpaired) electrons. The number of amides is 1. The molecule has 0 saturated carbocycles. The lowest BCUT2D eigenvalue weighted by atomic mass is 10.0. The number of nitrogens with two attached hydrogens (primary N) is 1. The summed E-state index contributed by atoms with van der Waals surface area (Å²) in [6.45, 7) is 3.47. The van der Waals surface area contributed by atoms with Gasteiger partial charge < -0.3 is 9.64 Å². The fraction of sp³-hybridized carbons (Fsp3) is 0.273. The van der Waals surface area contributed by atoms with Crippen LogP contribution in [0.4, 0.5) is 0 Å². The molecule has 1 aliphatic heterocycles. The van der Waals surface area contributed by atoms with Crippen molar-refractivity contribution < 1.29 is 17.9 Å². The maximum atomic E-state index is 12.7. The van der Waals surface area contributed by atoms with Crippen LogP contribution < -0.4 is 9.88 Å². The van der Waals surface area contributed by atoms with Gasteiger partial charge in [0.05, 0.1) is 22.6 Å². The maximum Gasteiger partial charge on any atom is 0.282 e. The number of rotatable bonds is 5. The number of aryl methyl sites for hydroxylation is 1.